The first-order chi connectivity index (χ1) is 12.9. The summed E-state index contributed by atoms with van der Waals surface area (Å²) in [6, 6.07) is 21.9. The Bertz CT molecular complexity index is 1060. The number of aryl methyl sites for hydroxylation is 2. The molecule has 3 rings (SSSR count). The Morgan fingerprint density at radius 1 is 0.889 bits per heavy atom. The molecule has 0 spiro atoms. The topological polar surface area (TPSA) is 67.8 Å². The molecular weight excluding hydrogens is 360 g/mol. The minimum absolute atomic E-state index is 0.223. The van der Waals surface area contributed by atoms with E-state index in [1.54, 1.807) is 25.1 Å². The molecule has 3 aromatic carbocycles. The lowest BCUT2D eigenvalue weighted by Crippen LogP contribution is -2.19. The van der Waals surface area contributed by atoms with E-state index in [-0.39, 0.29) is 4.90 Å². The van der Waals surface area contributed by atoms with Gasteiger partial charge in [-0.2, -0.15) is 13.5 Å². The highest BCUT2D eigenvalue weighted by Gasteiger charge is 2.15. The molecule has 0 aliphatic rings. The van der Waals surface area contributed by atoms with Crippen LogP contribution in [-0.2, 0) is 10.0 Å². The number of para-hydroxylation sites is 1. The lowest BCUT2D eigenvalue weighted by molar-refractivity contribution is 0.482. The third-order valence-corrected chi connectivity index (χ3v) is 5.22. The maximum Gasteiger partial charge on any atom is 0.276 e. The minimum Gasteiger partial charge on any atom is -0.457 e. The Morgan fingerprint density at radius 2 is 1.63 bits per heavy atom. The van der Waals surface area contributed by atoms with Crippen LogP contribution in [0, 0.1) is 13.8 Å². The molecule has 0 aliphatic carbocycles. The molecule has 0 unspecified atom stereocenters. The van der Waals surface area contributed by atoms with Gasteiger partial charge in [-0.15, -0.1) is 0 Å². The average Bonchev–Trinajstić information content (AvgIpc) is 2.65. The molecule has 5 nitrogen and oxygen atoms in total. The van der Waals surface area contributed by atoms with E-state index in [1.807, 2.05) is 61.5 Å². The van der Waals surface area contributed by atoms with Crippen LogP contribution < -0.4 is 9.57 Å². The highest BCUT2D eigenvalue weighted by Crippen LogP contribution is 2.21. The standard InChI is InChI=1S/C21H20N2O3S/c1-16-11-12-17(2)21(13-16)27(24,25)23-22-15-18-7-6-10-20(14-18)26-19-8-4-3-5-9-19/h3-15,23H,1-2H3. The first-order valence-corrected chi connectivity index (χ1v) is 9.87. The van der Waals surface area contributed by atoms with Crippen LogP contribution in [0.15, 0.2) is 82.8 Å². The normalized spacial score (nSPS) is 11.5. The maximum atomic E-state index is 12.5. The van der Waals surface area contributed by atoms with E-state index in [4.69, 9.17) is 4.74 Å². The van der Waals surface area contributed by atoms with E-state index in [0.29, 0.717) is 16.9 Å². The molecule has 0 radical (unpaired) electrons. The molecule has 1 N–H and O–H groups in total. The van der Waals surface area contributed by atoms with Crippen molar-refractivity contribution in [1.82, 2.24) is 4.83 Å². The number of rotatable bonds is 6. The van der Waals surface area contributed by atoms with Gasteiger partial charge >= 0.3 is 0 Å². The summed E-state index contributed by atoms with van der Waals surface area (Å²) in [6.07, 6.45) is 1.44. The smallest absolute Gasteiger partial charge is 0.276 e. The Labute approximate surface area is 159 Å². The monoisotopic (exact) mass is 380 g/mol. The van der Waals surface area contributed by atoms with Crippen molar-refractivity contribution >= 4 is 16.2 Å². The summed E-state index contributed by atoms with van der Waals surface area (Å²) in [5.74, 6) is 1.37. The van der Waals surface area contributed by atoms with Gasteiger partial charge in [-0.3, -0.25) is 0 Å². The highest BCUT2D eigenvalue weighted by atomic mass is 32.2. The van der Waals surface area contributed by atoms with Gasteiger partial charge in [0.2, 0.25) is 0 Å². The highest BCUT2D eigenvalue weighted by molar-refractivity contribution is 7.89. The zero-order chi connectivity index (χ0) is 19.3. The molecule has 0 saturated heterocycles. The third kappa shape index (κ3) is 4.95. The molecule has 0 saturated carbocycles. The maximum absolute atomic E-state index is 12.5. The van der Waals surface area contributed by atoms with Crippen LogP contribution in [0.4, 0.5) is 0 Å². The molecular formula is C21H20N2O3S. The van der Waals surface area contributed by atoms with Crippen LogP contribution >= 0.6 is 0 Å². The molecule has 6 heteroatoms. The summed E-state index contributed by atoms with van der Waals surface area (Å²) < 4.78 is 30.7. The Kier molecular flexibility index (Phi) is 5.57. The van der Waals surface area contributed by atoms with E-state index in [2.05, 4.69) is 9.93 Å². The van der Waals surface area contributed by atoms with Crippen LogP contribution in [0.5, 0.6) is 11.5 Å². The average molecular weight is 380 g/mol. The first kappa shape index (κ1) is 18.7. The van der Waals surface area contributed by atoms with E-state index < -0.39 is 10.0 Å². The molecule has 0 heterocycles. The quantitative estimate of drug-likeness (QED) is 0.509. The number of nitrogens with one attached hydrogen (secondary N) is 1. The van der Waals surface area contributed by atoms with Gasteiger partial charge < -0.3 is 4.74 Å². The number of sulfonamides is 1. The van der Waals surface area contributed by atoms with Crippen LogP contribution in [0.25, 0.3) is 0 Å². The van der Waals surface area contributed by atoms with Gasteiger partial charge in [-0.25, -0.2) is 4.83 Å². The largest absolute Gasteiger partial charge is 0.457 e. The summed E-state index contributed by atoms with van der Waals surface area (Å²) in [5, 5.41) is 3.89. The van der Waals surface area contributed by atoms with Gasteiger partial charge in [0.15, 0.2) is 0 Å². The van der Waals surface area contributed by atoms with E-state index in [0.717, 1.165) is 11.3 Å². The fourth-order valence-electron chi connectivity index (χ4n) is 2.50. The molecule has 0 aliphatic heterocycles. The van der Waals surface area contributed by atoms with Gasteiger partial charge in [-0.1, -0.05) is 42.5 Å². The number of nitrogens with zero attached hydrogens (tertiary/aromatic N) is 1. The van der Waals surface area contributed by atoms with Gasteiger partial charge in [-0.05, 0) is 60.9 Å². The zero-order valence-corrected chi connectivity index (χ0v) is 15.9. The van der Waals surface area contributed by atoms with Crippen molar-refractivity contribution in [1.29, 1.82) is 0 Å². The Balaban J connectivity index is 1.73. The van der Waals surface area contributed by atoms with E-state index in [9.17, 15) is 8.42 Å². The first-order valence-electron chi connectivity index (χ1n) is 8.39. The van der Waals surface area contributed by atoms with Crippen LogP contribution in [0.2, 0.25) is 0 Å². The molecule has 0 amide bonds. The number of ether oxygens (including phenoxy) is 1. The second-order valence-electron chi connectivity index (χ2n) is 6.11. The molecule has 0 fully saturated rings. The van der Waals surface area contributed by atoms with Crippen molar-refractivity contribution < 1.29 is 13.2 Å². The summed E-state index contributed by atoms with van der Waals surface area (Å²) in [7, 11) is -3.72. The number of hydrazone groups is 1. The van der Waals surface area contributed by atoms with Crippen molar-refractivity contribution in [2.24, 2.45) is 5.10 Å². The van der Waals surface area contributed by atoms with Crippen LogP contribution in [-0.4, -0.2) is 14.6 Å². The second kappa shape index (κ2) is 8.05. The molecule has 0 aromatic heterocycles. The number of hydrogen-bond acceptors (Lipinski definition) is 4. The number of hydrogen-bond donors (Lipinski definition) is 1. The molecule has 27 heavy (non-hydrogen) atoms. The van der Waals surface area contributed by atoms with Gasteiger partial charge in [0.05, 0.1) is 11.1 Å². The van der Waals surface area contributed by atoms with Crippen molar-refractivity contribution in [3.63, 3.8) is 0 Å². The van der Waals surface area contributed by atoms with Gasteiger partial charge in [0, 0.05) is 0 Å². The second-order valence-corrected chi connectivity index (χ2v) is 7.74. The predicted octanol–water partition coefficient (Wildman–Crippen LogP) is 4.41. The van der Waals surface area contributed by atoms with Gasteiger partial charge in [0.25, 0.3) is 10.0 Å². The van der Waals surface area contributed by atoms with Crippen molar-refractivity contribution in [3.8, 4) is 11.5 Å². The fourth-order valence-corrected chi connectivity index (χ4v) is 3.62. The summed E-state index contributed by atoms with van der Waals surface area (Å²) >= 11 is 0. The van der Waals surface area contributed by atoms with E-state index >= 15 is 0 Å². The minimum atomic E-state index is -3.72. The summed E-state index contributed by atoms with van der Waals surface area (Å²) in [6.45, 7) is 3.60. The number of benzene rings is 3. The van der Waals surface area contributed by atoms with Crippen molar-refractivity contribution in [2.75, 3.05) is 0 Å². The molecule has 138 valence electrons. The zero-order valence-electron chi connectivity index (χ0n) is 15.1. The van der Waals surface area contributed by atoms with Gasteiger partial charge in [0.1, 0.15) is 11.5 Å². The third-order valence-electron chi connectivity index (χ3n) is 3.86. The Morgan fingerprint density at radius 3 is 2.41 bits per heavy atom. The molecule has 0 atom stereocenters. The molecule has 3 aromatic rings. The predicted molar refractivity (Wildman–Crippen MR) is 107 cm³/mol. The summed E-state index contributed by atoms with van der Waals surface area (Å²) in [4.78, 5) is 2.48. The van der Waals surface area contributed by atoms with Crippen LogP contribution in [0.3, 0.4) is 0 Å². The van der Waals surface area contributed by atoms with E-state index in [1.165, 1.54) is 6.21 Å². The van der Waals surface area contributed by atoms with Crippen molar-refractivity contribution in [3.05, 3.63) is 89.5 Å². The van der Waals surface area contributed by atoms with Crippen LogP contribution in [0.1, 0.15) is 16.7 Å². The fraction of sp³-hybridized carbons (Fsp3) is 0.0952. The van der Waals surface area contributed by atoms with Crippen molar-refractivity contribution in [2.45, 2.75) is 18.7 Å². The molecule has 0 bridgehead atoms. The summed E-state index contributed by atoms with van der Waals surface area (Å²) in [5.41, 5.74) is 2.25. The SMILES string of the molecule is Cc1ccc(C)c(S(=O)(=O)NN=Cc2cccc(Oc3ccccc3)c2)c1. The lowest BCUT2D eigenvalue weighted by Gasteiger charge is -2.08. The Hall–Kier alpha value is -3.12. The lowest BCUT2D eigenvalue weighted by atomic mass is 10.2.